The third-order valence-electron chi connectivity index (χ3n) is 3.36. The van der Waals surface area contributed by atoms with E-state index in [4.69, 9.17) is 0 Å². The molecule has 0 radical (unpaired) electrons. The molecule has 1 unspecified atom stereocenters. The summed E-state index contributed by atoms with van der Waals surface area (Å²) in [6.45, 7) is 6.06. The number of benzene rings is 1. The van der Waals surface area contributed by atoms with Crippen LogP contribution in [0.3, 0.4) is 0 Å². The maximum Gasteiger partial charge on any atom is 0.228 e. The number of rotatable bonds is 5. The summed E-state index contributed by atoms with van der Waals surface area (Å²) >= 11 is 1.57. The van der Waals surface area contributed by atoms with Gasteiger partial charge in [-0.2, -0.15) is 0 Å². The minimum absolute atomic E-state index is 0.0177. The van der Waals surface area contributed by atoms with Crippen molar-refractivity contribution in [2.45, 2.75) is 33.6 Å². The van der Waals surface area contributed by atoms with Crippen molar-refractivity contribution in [1.82, 2.24) is 4.98 Å². The van der Waals surface area contributed by atoms with Gasteiger partial charge < -0.3 is 5.32 Å². The Kier molecular flexibility index (Phi) is 4.90. The van der Waals surface area contributed by atoms with E-state index in [1.54, 1.807) is 11.3 Å². The average molecular weight is 288 g/mol. The second-order valence-electron chi connectivity index (χ2n) is 4.81. The molecule has 4 heteroatoms. The summed E-state index contributed by atoms with van der Waals surface area (Å²) in [5, 5.41) is 3.63. The summed E-state index contributed by atoms with van der Waals surface area (Å²) in [6.07, 6.45) is 1.75. The molecule has 1 aromatic heterocycles. The predicted octanol–water partition coefficient (Wildman–Crippen LogP) is 4.36. The fourth-order valence-electron chi connectivity index (χ4n) is 1.88. The van der Waals surface area contributed by atoms with Crippen LogP contribution in [0.5, 0.6) is 0 Å². The van der Waals surface area contributed by atoms with E-state index in [-0.39, 0.29) is 11.8 Å². The van der Waals surface area contributed by atoms with E-state index in [0.717, 1.165) is 24.1 Å². The Hall–Kier alpha value is -1.68. The van der Waals surface area contributed by atoms with Crippen molar-refractivity contribution in [2.24, 2.45) is 5.92 Å². The summed E-state index contributed by atoms with van der Waals surface area (Å²) in [4.78, 5) is 17.7. The number of nitrogens with zero attached hydrogens (tertiary/aromatic N) is 1. The number of carbonyl (C=O) groups is 1. The molecule has 1 heterocycles. The van der Waals surface area contributed by atoms with E-state index in [1.807, 2.05) is 32.0 Å². The number of carbonyl (C=O) groups excluding carboxylic acids is 1. The second-order valence-corrected chi connectivity index (χ2v) is 5.89. The first-order valence-corrected chi connectivity index (χ1v) is 7.83. The Morgan fingerprint density at radius 1 is 1.30 bits per heavy atom. The van der Waals surface area contributed by atoms with Gasteiger partial charge in [0.15, 0.2) is 5.13 Å². The van der Waals surface area contributed by atoms with Crippen molar-refractivity contribution in [1.29, 1.82) is 0 Å². The Morgan fingerprint density at radius 3 is 2.60 bits per heavy atom. The molecule has 0 saturated carbocycles. The molecule has 20 heavy (non-hydrogen) atoms. The van der Waals surface area contributed by atoms with Crippen molar-refractivity contribution in [3.05, 3.63) is 35.2 Å². The minimum Gasteiger partial charge on any atom is -0.302 e. The zero-order valence-electron chi connectivity index (χ0n) is 12.1. The van der Waals surface area contributed by atoms with Gasteiger partial charge in [-0.25, -0.2) is 4.98 Å². The molecule has 0 fully saturated rings. The van der Waals surface area contributed by atoms with E-state index < -0.39 is 0 Å². The Balaban J connectivity index is 2.26. The lowest BCUT2D eigenvalue weighted by Gasteiger charge is -2.06. The maximum absolute atomic E-state index is 11.9. The number of hydrogen-bond donors (Lipinski definition) is 1. The van der Waals surface area contributed by atoms with Gasteiger partial charge in [0.05, 0.1) is 5.69 Å². The van der Waals surface area contributed by atoms with Gasteiger partial charge in [-0.3, -0.25) is 4.79 Å². The largest absolute Gasteiger partial charge is 0.302 e. The zero-order chi connectivity index (χ0) is 14.5. The molecule has 2 rings (SSSR count). The number of nitrogens with one attached hydrogen (secondary N) is 1. The van der Waals surface area contributed by atoms with Crippen molar-refractivity contribution >= 4 is 22.4 Å². The Bertz CT molecular complexity index is 577. The SMILES string of the molecule is CCc1sc(NC(=O)C(C)CC)nc1-c1ccccc1. The number of anilines is 1. The lowest BCUT2D eigenvalue weighted by atomic mass is 10.1. The standard InChI is InChI=1S/C16H20N2OS/c1-4-11(3)15(19)18-16-17-14(13(5-2)20-16)12-9-7-6-8-10-12/h6-11H,4-5H2,1-3H3,(H,17,18,19). The highest BCUT2D eigenvalue weighted by Crippen LogP contribution is 2.31. The summed E-state index contributed by atoms with van der Waals surface area (Å²) in [5.74, 6) is 0.0627. The molecule has 0 saturated heterocycles. The van der Waals surface area contributed by atoms with Crippen LogP contribution in [0.15, 0.2) is 30.3 Å². The molecule has 0 aliphatic heterocycles. The van der Waals surface area contributed by atoms with Gasteiger partial charge in [0.25, 0.3) is 0 Å². The van der Waals surface area contributed by atoms with Crippen LogP contribution >= 0.6 is 11.3 Å². The van der Waals surface area contributed by atoms with Crippen molar-refractivity contribution in [3.63, 3.8) is 0 Å². The average Bonchev–Trinajstić information content (AvgIpc) is 2.90. The molecule has 0 bridgehead atoms. The van der Waals surface area contributed by atoms with E-state index in [9.17, 15) is 4.79 Å². The van der Waals surface area contributed by atoms with Crippen LogP contribution in [0.2, 0.25) is 0 Å². The highest BCUT2D eigenvalue weighted by atomic mass is 32.1. The predicted molar refractivity (Wildman–Crippen MR) is 85.0 cm³/mol. The zero-order valence-corrected chi connectivity index (χ0v) is 13.0. The molecular weight excluding hydrogens is 268 g/mol. The molecule has 1 N–H and O–H groups in total. The number of hydrogen-bond acceptors (Lipinski definition) is 3. The van der Waals surface area contributed by atoms with Crippen LogP contribution in [0.4, 0.5) is 5.13 Å². The summed E-state index contributed by atoms with van der Waals surface area (Å²) < 4.78 is 0. The quantitative estimate of drug-likeness (QED) is 0.888. The van der Waals surface area contributed by atoms with E-state index in [1.165, 1.54) is 4.88 Å². The number of thiazole rings is 1. The number of aryl methyl sites for hydroxylation is 1. The Labute approximate surface area is 124 Å². The highest BCUT2D eigenvalue weighted by Gasteiger charge is 2.16. The molecule has 1 aromatic carbocycles. The molecular formula is C16H20N2OS. The fourth-order valence-corrected chi connectivity index (χ4v) is 2.81. The molecule has 106 valence electrons. The van der Waals surface area contributed by atoms with Crippen LogP contribution in [0.1, 0.15) is 32.1 Å². The fraction of sp³-hybridized carbons (Fsp3) is 0.375. The lowest BCUT2D eigenvalue weighted by Crippen LogP contribution is -2.19. The van der Waals surface area contributed by atoms with Gasteiger partial charge in [-0.1, -0.05) is 51.1 Å². The number of amides is 1. The van der Waals surface area contributed by atoms with Gasteiger partial charge in [0.1, 0.15) is 0 Å². The smallest absolute Gasteiger partial charge is 0.228 e. The highest BCUT2D eigenvalue weighted by molar-refractivity contribution is 7.16. The van der Waals surface area contributed by atoms with Gasteiger partial charge >= 0.3 is 0 Å². The first-order chi connectivity index (χ1) is 9.65. The van der Waals surface area contributed by atoms with Gasteiger partial charge in [-0.05, 0) is 12.8 Å². The molecule has 1 atom stereocenters. The normalized spacial score (nSPS) is 12.2. The minimum atomic E-state index is 0.0177. The summed E-state index contributed by atoms with van der Waals surface area (Å²) in [6, 6.07) is 10.1. The number of aromatic nitrogens is 1. The summed E-state index contributed by atoms with van der Waals surface area (Å²) in [5.41, 5.74) is 2.09. The monoisotopic (exact) mass is 288 g/mol. The van der Waals surface area contributed by atoms with Crippen molar-refractivity contribution in [2.75, 3.05) is 5.32 Å². The third kappa shape index (κ3) is 3.25. The maximum atomic E-state index is 11.9. The molecule has 0 spiro atoms. The van der Waals surface area contributed by atoms with Crippen molar-refractivity contribution in [3.8, 4) is 11.3 Å². The summed E-state index contributed by atoms with van der Waals surface area (Å²) in [7, 11) is 0. The molecule has 3 nitrogen and oxygen atoms in total. The topological polar surface area (TPSA) is 42.0 Å². The van der Waals surface area contributed by atoms with E-state index in [0.29, 0.717) is 5.13 Å². The molecule has 1 amide bonds. The van der Waals surface area contributed by atoms with Crippen LogP contribution in [0, 0.1) is 5.92 Å². The lowest BCUT2D eigenvalue weighted by molar-refractivity contribution is -0.119. The first-order valence-electron chi connectivity index (χ1n) is 7.01. The second kappa shape index (κ2) is 6.66. The first kappa shape index (κ1) is 14.7. The van der Waals surface area contributed by atoms with Crippen LogP contribution < -0.4 is 5.32 Å². The van der Waals surface area contributed by atoms with Gasteiger partial charge in [0.2, 0.25) is 5.91 Å². The van der Waals surface area contributed by atoms with E-state index >= 15 is 0 Å². The molecule has 0 aliphatic carbocycles. The van der Waals surface area contributed by atoms with Gasteiger partial charge in [0, 0.05) is 16.4 Å². The van der Waals surface area contributed by atoms with Crippen molar-refractivity contribution < 1.29 is 4.79 Å². The van der Waals surface area contributed by atoms with Crippen LogP contribution in [-0.2, 0) is 11.2 Å². The Morgan fingerprint density at radius 2 is 2.00 bits per heavy atom. The molecule has 0 aliphatic rings. The van der Waals surface area contributed by atoms with Gasteiger partial charge in [-0.15, -0.1) is 11.3 Å². The van der Waals surface area contributed by atoms with Crippen LogP contribution in [0.25, 0.3) is 11.3 Å². The third-order valence-corrected chi connectivity index (χ3v) is 4.47. The van der Waals surface area contributed by atoms with E-state index in [2.05, 4.69) is 29.4 Å². The van der Waals surface area contributed by atoms with Crippen LogP contribution in [-0.4, -0.2) is 10.9 Å². The molecule has 2 aromatic rings.